The van der Waals surface area contributed by atoms with Gasteiger partial charge in [-0.3, -0.25) is 9.88 Å². The monoisotopic (exact) mass is 244 g/mol. The van der Waals surface area contributed by atoms with Crippen molar-refractivity contribution in [2.75, 3.05) is 6.54 Å². The number of rotatable bonds is 2. The Balaban J connectivity index is 1.76. The minimum absolute atomic E-state index is 0.273. The van der Waals surface area contributed by atoms with Gasteiger partial charge >= 0.3 is 0 Å². The Kier molecular flexibility index (Phi) is 2.76. The molecular weight excluding hydrogens is 228 g/mol. The van der Waals surface area contributed by atoms with Crippen LogP contribution in [0.25, 0.3) is 0 Å². The fraction of sp³-hybridized carbons (Fsp3) is 0.385. The second-order valence-electron chi connectivity index (χ2n) is 4.67. The lowest BCUT2D eigenvalue weighted by atomic mass is 10.2. The van der Waals surface area contributed by atoms with E-state index in [-0.39, 0.29) is 5.75 Å². The number of aromatic hydroxyl groups is 1. The number of nitrogens with zero attached hydrogens (tertiary/aromatic N) is 4. The molecule has 0 radical (unpaired) electrons. The van der Waals surface area contributed by atoms with E-state index in [1.54, 1.807) is 6.07 Å². The topological polar surface area (TPSA) is 54.2 Å². The second-order valence-corrected chi connectivity index (χ2v) is 4.67. The predicted molar refractivity (Wildman–Crippen MR) is 67.0 cm³/mol. The van der Waals surface area contributed by atoms with Gasteiger partial charge in [-0.1, -0.05) is 0 Å². The number of pyridine rings is 1. The summed E-state index contributed by atoms with van der Waals surface area (Å²) in [5.41, 5.74) is 1.68. The summed E-state index contributed by atoms with van der Waals surface area (Å²) in [6.45, 7) is 5.31. The summed E-state index contributed by atoms with van der Waals surface area (Å²) in [6.07, 6.45) is 3.84. The van der Waals surface area contributed by atoms with E-state index < -0.39 is 0 Å². The minimum Gasteiger partial charge on any atom is -0.506 e. The molecule has 2 aromatic heterocycles. The van der Waals surface area contributed by atoms with Crippen molar-refractivity contribution in [2.45, 2.75) is 26.6 Å². The summed E-state index contributed by atoms with van der Waals surface area (Å²) < 4.78 is 2.17. The molecule has 1 N–H and O–H groups in total. The molecule has 0 aromatic carbocycles. The summed E-state index contributed by atoms with van der Waals surface area (Å²) in [5.74, 6) is 1.35. The SMILES string of the molecule is Cc1ccc(O)c(CN2CCn3ccnc3C2)n1. The Morgan fingerprint density at radius 3 is 3.11 bits per heavy atom. The molecule has 0 saturated heterocycles. The van der Waals surface area contributed by atoms with Crippen molar-refractivity contribution in [1.82, 2.24) is 19.4 Å². The van der Waals surface area contributed by atoms with Crippen LogP contribution >= 0.6 is 0 Å². The Labute approximate surface area is 106 Å². The standard InChI is InChI=1S/C13H16N4O/c1-10-2-3-12(18)11(15-10)8-16-6-7-17-5-4-14-13(17)9-16/h2-5,18H,6-9H2,1H3. The lowest BCUT2D eigenvalue weighted by Crippen LogP contribution is -2.33. The molecule has 0 unspecified atom stereocenters. The van der Waals surface area contributed by atoms with Crippen LogP contribution in [0.1, 0.15) is 17.2 Å². The highest BCUT2D eigenvalue weighted by Gasteiger charge is 2.18. The first kappa shape index (κ1) is 11.2. The quantitative estimate of drug-likeness (QED) is 0.865. The van der Waals surface area contributed by atoms with Gasteiger partial charge in [0.05, 0.1) is 12.2 Å². The van der Waals surface area contributed by atoms with Gasteiger partial charge in [-0.05, 0) is 19.1 Å². The van der Waals surface area contributed by atoms with Crippen molar-refractivity contribution in [3.05, 3.63) is 41.7 Å². The van der Waals surface area contributed by atoms with Crippen molar-refractivity contribution in [1.29, 1.82) is 0 Å². The first-order valence-corrected chi connectivity index (χ1v) is 6.10. The molecule has 1 aliphatic heterocycles. The summed E-state index contributed by atoms with van der Waals surface area (Å²) in [7, 11) is 0. The van der Waals surface area contributed by atoms with Crippen molar-refractivity contribution < 1.29 is 5.11 Å². The lowest BCUT2D eigenvalue weighted by molar-refractivity contribution is 0.204. The normalized spacial score (nSPS) is 15.6. The van der Waals surface area contributed by atoms with Crippen LogP contribution in [0.2, 0.25) is 0 Å². The van der Waals surface area contributed by atoms with Gasteiger partial charge < -0.3 is 9.67 Å². The summed E-state index contributed by atoms with van der Waals surface area (Å²) in [6, 6.07) is 3.53. The fourth-order valence-corrected chi connectivity index (χ4v) is 2.29. The fourth-order valence-electron chi connectivity index (χ4n) is 2.29. The molecule has 0 amide bonds. The van der Waals surface area contributed by atoms with Gasteiger partial charge in [0.1, 0.15) is 11.6 Å². The van der Waals surface area contributed by atoms with E-state index in [0.29, 0.717) is 6.54 Å². The highest BCUT2D eigenvalue weighted by atomic mass is 16.3. The van der Waals surface area contributed by atoms with E-state index >= 15 is 0 Å². The smallest absolute Gasteiger partial charge is 0.138 e. The first-order chi connectivity index (χ1) is 8.72. The number of hydrogen-bond acceptors (Lipinski definition) is 4. The Morgan fingerprint density at radius 1 is 1.33 bits per heavy atom. The third-order valence-corrected chi connectivity index (χ3v) is 3.29. The van der Waals surface area contributed by atoms with Crippen molar-refractivity contribution >= 4 is 0 Å². The van der Waals surface area contributed by atoms with Crippen LogP contribution < -0.4 is 0 Å². The van der Waals surface area contributed by atoms with Gasteiger partial charge in [0.25, 0.3) is 0 Å². The highest BCUT2D eigenvalue weighted by molar-refractivity contribution is 5.27. The van der Waals surface area contributed by atoms with E-state index in [1.807, 2.05) is 25.4 Å². The van der Waals surface area contributed by atoms with E-state index in [2.05, 4.69) is 19.4 Å². The average molecular weight is 244 g/mol. The molecule has 5 heteroatoms. The van der Waals surface area contributed by atoms with E-state index in [4.69, 9.17) is 0 Å². The first-order valence-electron chi connectivity index (χ1n) is 6.10. The van der Waals surface area contributed by atoms with Gasteiger partial charge in [-0.25, -0.2) is 4.98 Å². The molecule has 0 bridgehead atoms. The molecule has 5 nitrogen and oxygen atoms in total. The number of aromatic nitrogens is 3. The molecule has 0 saturated carbocycles. The van der Waals surface area contributed by atoms with Gasteiger partial charge in [0.2, 0.25) is 0 Å². The van der Waals surface area contributed by atoms with Gasteiger partial charge in [-0.2, -0.15) is 0 Å². The molecule has 18 heavy (non-hydrogen) atoms. The van der Waals surface area contributed by atoms with Crippen molar-refractivity contribution in [2.24, 2.45) is 0 Å². The van der Waals surface area contributed by atoms with Gasteiger partial charge in [0.15, 0.2) is 0 Å². The van der Waals surface area contributed by atoms with Crippen LogP contribution in [0.5, 0.6) is 5.75 Å². The predicted octanol–water partition coefficient (Wildman–Crippen LogP) is 1.31. The molecule has 0 spiro atoms. The van der Waals surface area contributed by atoms with Crippen LogP contribution in [0, 0.1) is 6.92 Å². The largest absolute Gasteiger partial charge is 0.506 e. The molecule has 0 aliphatic carbocycles. The summed E-state index contributed by atoms with van der Waals surface area (Å²) in [5, 5.41) is 9.81. The van der Waals surface area contributed by atoms with Gasteiger partial charge in [0, 0.05) is 37.7 Å². The summed E-state index contributed by atoms with van der Waals surface area (Å²) >= 11 is 0. The van der Waals surface area contributed by atoms with Gasteiger partial charge in [-0.15, -0.1) is 0 Å². The minimum atomic E-state index is 0.273. The molecule has 2 aromatic rings. The van der Waals surface area contributed by atoms with Crippen molar-refractivity contribution in [3.8, 4) is 5.75 Å². The molecule has 0 fully saturated rings. The Morgan fingerprint density at radius 2 is 2.22 bits per heavy atom. The molecule has 3 heterocycles. The third-order valence-electron chi connectivity index (χ3n) is 3.29. The zero-order chi connectivity index (χ0) is 12.5. The van der Waals surface area contributed by atoms with Crippen LogP contribution in [0.4, 0.5) is 0 Å². The van der Waals surface area contributed by atoms with Crippen LogP contribution in [0.3, 0.4) is 0 Å². The zero-order valence-corrected chi connectivity index (χ0v) is 10.4. The number of aryl methyl sites for hydroxylation is 1. The van der Waals surface area contributed by atoms with Crippen LogP contribution in [-0.4, -0.2) is 31.1 Å². The van der Waals surface area contributed by atoms with Crippen LogP contribution in [0.15, 0.2) is 24.5 Å². The average Bonchev–Trinajstić information content (AvgIpc) is 2.81. The maximum atomic E-state index is 9.81. The second kappa shape index (κ2) is 4.42. The number of fused-ring (bicyclic) bond motifs is 1. The van der Waals surface area contributed by atoms with E-state index in [9.17, 15) is 5.11 Å². The molecule has 0 atom stereocenters. The van der Waals surface area contributed by atoms with Crippen molar-refractivity contribution in [3.63, 3.8) is 0 Å². The molecular formula is C13H16N4O. The van der Waals surface area contributed by atoms with E-state index in [1.165, 1.54) is 0 Å². The Hall–Kier alpha value is -1.88. The summed E-state index contributed by atoms with van der Waals surface area (Å²) in [4.78, 5) is 11.0. The molecule has 94 valence electrons. The highest BCUT2D eigenvalue weighted by Crippen LogP contribution is 2.19. The molecule has 3 rings (SSSR count). The Bertz CT molecular complexity index is 564. The van der Waals surface area contributed by atoms with Crippen LogP contribution in [-0.2, 0) is 19.6 Å². The maximum absolute atomic E-state index is 9.81. The third kappa shape index (κ3) is 2.09. The molecule has 1 aliphatic rings. The number of imidazole rings is 1. The number of hydrogen-bond donors (Lipinski definition) is 1. The van der Waals surface area contributed by atoms with E-state index in [0.717, 1.165) is 36.8 Å². The lowest BCUT2D eigenvalue weighted by Gasteiger charge is -2.27. The zero-order valence-electron chi connectivity index (χ0n) is 10.4. The maximum Gasteiger partial charge on any atom is 0.138 e.